The Morgan fingerprint density at radius 3 is 2.57 bits per heavy atom. The smallest absolute Gasteiger partial charge is 0.119 e. The van der Waals surface area contributed by atoms with Crippen molar-refractivity contribution < 1.29 is 9.47 Å². The lowest BCUT2D eigenvalue weighted by molar-refractivity contribution is 0.0969. The Kier molecular flexibility index (Phi) is 6.33. The molecule has 0 amide bonds. The van der Waals surface area contributed by atoms with E-state index in [9.17, 15) is 0 Å². The molecule has 118 valence electrons. The maximum atomic E-state index is 5.93. The van der Waals surface area contributed by atoms with Gasteiger partial charge >= 0.3 is 0 Å². The molecular weight excluding hydrogens is 264 g/mol. The van der Waals surface area contributed by atoms with Crippen LogP contribution in [0.4, 0.5) is 0 Å². The van der Waals surface area contributed by atoms with Gasteiger partial charge in [-0.3, -0.25) is 4.90 Å². The molecule has 1 aromatic rings. The summed E-state index contributed by atoms with van der Waals surface area (Å²) in [5.41, 5.74) is 5.93. The number of hydrogen-bond acceptors (Lipinski definition) is 4. The van der Waals surface area contributed by atoms with E-state index in [1.165, 1.54) is 19.3 Å². The molecular formula is C17H28N2O2. The Bertz CT molecular complexity index is 408. The molecule has 2 atom stereocenters. The summed E-state index contributed by atoms with van der Waals surface area (Å²) in [5, 5.41) is 0. The van der Waals surface area contributed by atoms with Gasteiger partial charge in [0.2, 0.25) is 0 Å². The summed E-state index contributed by atoms with van der Waals surface area (Å²) >= 11 is 0. The number of rotatable bonds is 7. The van der Waals surface area contributed by atoms with Crippen LogP contribution in [0.1, 0.15) is 26.2 Å². The first-order valence-corrected chi connectivity index (χ1v) is 7.97. The summed E-state index contributed by atoms with van der Waals surface area (Å²) in [6.45, 7) is 5.83. The van der Waals surface area contributed by atoms with E-state index in [0.29, 0.717) is 12.6 Å². The predicted octanol–water partition coefficient (Wildman–Crippen LogP) is 2.52. The molecule has 0 aromatic heterocycles. The molecule has 0 spiro atoms. The Morgan fingerprint density at radius 2 is 1.95 bits per heavy atom. The van der Waals surface area contributed by atoms with Crippen molar-refractivity contribution in [3.63, 3.8) is 0 Å². The highest BCUT2D eigenvalue weighted by Crippen LogP contribution is 2.24. The van der Waals surface area contributed by atoms with Crippen LogP contribution in [0.25, 0.3) is 0 Å². The van der Waals surface area contributed by atoms with Crippen molar-refractivity contribution in [2.24, 2.45) is 11.7 Å². The Morgan fingerprint density at radius 1 is 1.24 bits per heavy atom. The second kappa shape index (κ2) is 8.25. The van der Waals surface area contributed by atoms with Crippen LogP contribution in [-0.4, -0.2) is 44.3 Å². The lowest BCUT2D eigenvalue weighted by Crippen LogP contribution is -2.48. The van der Waals surface area contributed by atoms with Crippen LogP contribution in [0.15, 0.2) is 24.3 Å². The fraction of sp³-hybridized carbons (Fsp3) is 0.647. The van der Waals surface area contributed by atoms with Gasteiger partial charge in [-0.1, -0.05) is 13.3 Å². The molecule has 1 saturated heterocycles. The summed E-state index contributed by atoms with van der Waals surface area (Å²) in [4.78, 5) is 2.48. The molecule has 2 rings (SSSR count). The van der Waals surface area contributed by atoms with Gasteiger partial charge in [0, 0.05) is 19.1 Å². The van der Waals surface area contributed by atoms with Gasteiger partial charge in [0.05, 0.1) is 7.11 Å². The second-order valence-corrected chi connectivity index (χ2v) is 5.75. The van der Waals surface area contributed by atoms with Crippen LogP contribution in [0.2, 0.25) is 0 Å². The Hall–Kier alpha value is -1.26. The molecule has 1 aliphatic heterocycles. The second-order valence-electron chi connectivity index (χ2n) is 5.75. The Labute approximate surface area is 128 Å². The molecule has 1 aromatic carbocycles. The van der Waals surface area contributed by atoms with E-state index >= 15 is 0 Å². The van der Waals surface area contributed by atoms with Crippen LogP contribution in [0.5, 0.6) is 11.5 Å². The van der Waals surface area contributed by atoms with Crippen LogP contribution in [0, 0.1) is 5.92 Å². The highest BCUT2D eigenvalue weighted by Gasteiger charge is 2.26. The average molecular weight is 292 g/mol. The lowest BCUT2D eigenvalue weighted by atomic mass is 9.89. The fourth-order valence-electron chi connectivity index (χ4n) is 3.05. The summed E-state index contributed by atoms with van der Waals surface area (Å²) in [6.07, 6.45) is 3.79. The third-order valence-corrected chi connectivity index (χ3v) is 4.50. The summed E-state index contributed by atoms with van der Waals surface area (Å²) < 4.78 is 11.0. The molecule has 1 fully saturated rings. The quantitative estimate of drug-likeness (QED) is 0.839. The van der Waals surface area contributed by atoms with E-state index in [0.717, 1.165) is 37.1 Å². The minimum atomic E-state index is 0.517. The van der Waals surface area contributed by atoms with E-state index < -0.39 is 0 Å². The number of nitrogens with two attached hydrogens (primary N) is 1. The van der Waals surface area contributed by atoms with Crippen molar-refractivity contribution in [2.75, 3.05) is 33.4 Å². The fourth-order valence-corrected chi connectivity index (χ4v) is 3.05. The number of hydrogen-bond donors (Lipinski definition) is 1. The van der Waals surface area contributed by atoms with Gasteiger partial charge in [-0.05, 0) is 49.6 Å². The number of nitrogens with zero attached hydrogens (tertiary/aromatic N) is 1. The standard InChI is InChI=1S/C17H28N2O2/c1-3-14-8-9-19(15(12-14)13-18)10-11-21-17-6-4-16(20-2)5-7-17/h4-7,14-15H,3,8-13,18H2,1-2H3. The lowest BCUT2D eigenvalue weighted by Gasteiger charge is -2.38. The molecule has 0 radical (unpaired) electrons. The SMILES string of the molecule is CCC1CCN(CCOc2ccc(OC)cc2)C(CN)C1. The van der Waals surface area contributed by atoms with Gasteiger partial charge in [-0.15, -0.1) is 0 Å². The zero-order valence-electron chi connectivity index (χ0n) is 13.3. The van der Waals surface area contributed by atoms with E-state index in [1.807, 2.05) is 24.3 Å². The molecule has 2 unspecified atom stereocenters. The van der Waals surface area contributed by atoms with Crippen molar-refractivity contribution in [3.05, 3.63) is 24.3 Å². The van der Waals surface area contributed by atoms with E-state index in [2.05, 4.69) is 11.8 Å². The average Bonchev–Trinajstić information content (AvgIpc) is 2.55. The highest BCUT2D eigenvalue weighted by molar-refractivity contribution is 5.31. The minimum Gasteiger partial charge on any atom is -0.497 e. The van der Waals surface area contributed by atoms with E-state index in [4.69, 9.17) is 15.2 Å². The first-order chi connectivity index (χ1) is 10.3. The van der Waals surface area contributed by atoms with E-state index in [1.54, 1.807) is 7.11 Å². The van der Waals surface area contributed by atoms with Crippen LogP contribution >= 0.6 is 0 Å². The predicted molar refractivity (Wildman–Crippen MR) is 85.9 cm³/mol. The van der Waals surface area contributed by atoms with Gasteiger partial charge in [-0.2, -0.15) is 0 Å². The summed E-state index contributed by atoms with van der Waals surface area (Å²) in [7, 11) is 1.67. The minimum absolute atomic E-state index is 0.517. The van der Waals surface area contributed by atoms with Crippen molar-refractivity contribution in [3.8, 4) is 11.5 Å². The topological polar surface area (TPSA) is 47.7 Å². The normalized spacial score (nSPS) is 23.0. The molecule has 4 heteroatoms. The molecule has 2 N–H and O–H groups in total. The first-order valence-electron chi connectivity index (χ1n) is 7.97. The number of ether oxygens (including phenoxy) is 2. The van der Waals surface area contributed by atoms with Gasteiger partial charge in [0.1, 0.15) is 18.1 Å². The van der Waals surface area contributed by atoms with Crippen molar-refractivity contribution in [1.82, 2.24) is 4.90 Å². The van der Waals surface area contributed by atoms with E-state index in [-0.39, 0.29) is 0 Å². The van der Waals surface area contributed by atoms with Gasteiger partial charge in [0.25, 0.3) is 0 Å². The molecule has 0 saturated carbocycles. The number of benzene rings is 1. The molecule has 4 nitrogen and oxygen atoms in total. The molecule has 0 bridgehead atoms. The van der Waals surface area contributed by atoms with Crippen molar-refractivity contribution >= 4 is 0 Å². The zero-order valence-corrected chi connectivity index (χ0v) is 13.3. The van der Waals surface area contributed by atoms with Gasteiger partial charge in [-0.25, -0.2) is 0 Å². The van der Waals surface area contributed by atoms with Gasteiger partial charge < -0.3 is 15.2 Å². The number of methoxy groups -OCH3 is 1. The maximum Gasteiger partial charge on any atom is 0.119 e. The highest BCUT2D eigenvalue weighted by atomic mass is 16.5. The number of piperidine rings is 1. The molecule has 0 aliphatic carbocycles. The Balaban J connectivity index is 1.76. The largest absolute Gasteiger partial charge is 0.497 e. The van der Waals surface area contributed by atoms with Gasteiger partial charge in [0.15, 0.2) is 0 Å². The van der Waals surface area contributed by atoms with Crippen LogP contribution < -0.4 is 15.2 Å². The third-order valence-electron chi connectivity index (χ3n) is 4.50. The third kappa shape index (κ3) is 4.61. The molecule has 1 heterocycles. The summed E-state index contributed by atoms with van der Waals surface area (Å²) in [5.74, 6) is 2.59. The van der Waals surface area contributed by atoms with Crippen LogP contribution in [0.3, 0.4) is 0 Å². The van der Waals surface area contributed by atoms with Crippen molar-refractivity contribution in [2.45, 2.75) is 32.2 Å². The van der Waals surface area contributed by atoms with Crippen molar-refractivity contribution in [1.29, 1.82) is 0 Å². The molecule has 21 heavy (non-hydrogen) atoms. The number of likely N-dealkylation sites (tertiary alicyclic amines) is 1. The summed E-state index contributed by atoms with van der Waals surface area (Å²) in [6, 6.07) is 8.25. The molecule has 1 aliphatic rings. The zero-order chi connectivity index (χ0) is 15.1. The maximum absolute atomic E-state index is 5.93. The van der Waals surface area contributed by atoms with Crippen LogP contribution in [-0.2, 0) is 0 Å². The monoisotopic (exact) mass is 292 g/mol. The first kappa shape index (κ1) is 16.1.